The molecule has 100 valence electrons. The highest BCUT2D eigenvalue weighted by Gasteiger charge is 2.05. The van der Waals surface area contributed by atoms with Gasteiger partial charge in [0.15, 0.2) is 5.78 Å². The topological polar surface area (TPSA) is 26.3 Å². The van der Waals surface area contributed by atoms with Crippen LogP contribution in [0.2, 0.25) is 0 Å². The molecule has 19 heavy (non-hydrogen) atoms. The number of carbonyl (C=O) groups excluding carboxylic acids is 1. The number of ether oxygens (including phenoxy) is 1. The van der Waals surface area contributed by atoms with Gasteiger partial charge in [-0.1, -0.05) is 37.8 Å². The standard InChI is InChI=1S/C16H16O2.CH4/c1-11-10-14(6-9-16(11)12(2)17)13-4-7-15(18-3)8-5-13;/h4-10H,1-3H3;1H4. The summed E-state index contributed by atoms with van der Waals surface area (Å²) in [5, 5.41) is 0. The average molecular weight is 256 g/mol. The number of Topliss-reactive ketones (excluding diaryl/α,β-unsaturated/α-hetero) is 1. The Kier molecular flexibility index (Phi) is 4.87. The van der Waals surface area contributed by atoms with E-state index in [4.69, 9.17) is 4.74 Å². The molecular formula is C17H20O2. The van der Waals surface area contributed by atoms with Crippen molar-refractivity contribution >= 4 is 5.78 Å². The lowest BCUT2D eigenvalue weighted by Gasteiger charge is -2.07. The number of methoxy groups -OCH3 is 1. The molecule has 2 heteroatoms. The van der Waals surface area contributed by atoms with Crippen LogP contribution in [0.5, 0.6) is 5.75 Å². The van der Waals surface area contributed by atoms with Gasteiger partial charge in [0, 0.05) is 5.56 Å². The normalized spacial score (nSPS) is 9.63. The van der Waals surface area contributed by atoms with Crippen LogP contribution in [0, 0.1) is 6.92 Å². The van der Waals surface area contributed by atoms with Gasteiger partial charge in [-0.25, -0.2) is 0 Å². The van der Waals surface area contributed by atoms with Crippen molar-refractivity contribution in [1.29, 1.82) is 0 Å². The molecule has 0 amide bonds. The van der Waals surface area contributed by atoms with Gasteiger partial charge in [0.25, 0.3) is 0 Å². The van der Waals surface area contributed by atoms with Gasteiger partial charge in [0.05, 0.1) is 7.11 Å². The van der Waals surface area contributed by atoms with E-state index in [0.29, 0.717) is 0 Å². The highest BCUT2D eigenvalue weighted by Crippen LogP contribution is 2.24. The largest absolute Gasteiger partial charge is 0.497 e. The van der Waals surface area contributed by atoms with Crippen molar-refractivity contribution in [3.8, 4) is 16.9 Å². The molecule has 0 aromatic heterocycles. The van der Waals surface area contributed by atoms with Crippen molar-refractivity contribution in [3.63, 3.8) is 0 Å². The van der Waals surface area contributed by atoms with Crippen molar-refractivity contribution in [2.75, 3.05) is 7.11 Å². The zero-order valence-corrected chi connectivity index (χ0v) is 10.9. The van der Waals surface area contributed by atoms with Crippen molar-refractivity contribution in [1.82, 2.24) is 0 Å². The van der Waals surface area contributed by atoms with E-state index in [2.05, 4.69) is 0 Å². The molecule has 0 aliphatic carbocycles. The number of aryl methyl sites for hydroxylation is 1. The first-order chi connectivity index (χ1) is 8.61. The van der Waals surface area contributed by atoms with E-state index in [-0.39, 0.29) is 13.2 Å². The van der Waals surface area contributed by atoms with Crippen molar-refractivity contribution in [3.05, 3.63) is 53.6 Å². The highest BCUT2D eigenvalue weighted by molar-refractivity contribution is 5.96. The van der Waals surface area contributed by atoms with E-state index in [1.807, 2.05) is 49.4 Å². The minimum atomic E-state index is 0. The quantitative estimate of drug-likeness (QED) is 0.755. The Morgan fingerprint density at radius 1 is 1.00 bits per heavy atom. The maximum Gasteiger partial charge on any atom is 0.160 e. The second-order valence-corrected chi connectivity index (χ2v) is 4.31. The van der Waals surface area contributed by atoms with Gasteiger partial charge in [0.1, 0.15) is 5.75 Å². The smallest absolute Gasteiger partial charge is 0.160 e. The Labute approximate surface area is 115 Å². The third kappa shape index (κ3) is 3.22. The molecule has 0 unspecified atom stereocenters. The van der Waals surface area contributed by atoms with E-state index < -0.39 is 0 Å². The Balaban J connectivity index is 0.00000180. The highest BCUT2D eigenvalue weighted by atomic mass is 16.5. The Hall–Kier alpha value is -2.09. The van der Waals surface area contributed by atoms with Gasteiger partial charge < -0.3 is 4.74 Å². The summed E-state index contributed by atoms with van der Waals surface area (Å²) in [5.74, 6) is 0.949. The lowest BCUT2D eigenvalue weighted by Crippen LogP contribution is -1.95. The van der Waals surface area contributed by atoms with E-state index in [1.165, 1.54) is 0 Å². The molecule has 0 spiro atoms. The minimum absolute atomic E-state index is 0. The van der Waals surface area contributed by atoms with E-state index in [9.17, 15) is 4.79 Å². The maximum absolute atomic E-state index is 11.4. The third-order valence-corrected chi connectivity index (χ3v) is 3.03. The van der Waals surface area contributed by atoms with Crippen LogP contribution in [0.1, 0.15) is 30.3 Å². The fourth-order valence-electron chi connectivity index (χ4n) is 2.02. The summed E-state index contributed by atoms with van der Waals surface area (Å²) in [7, 11) is 1.65. The molecule has 0 bridgehead atoms. The summed E-state index contributed by atoms with van der Waals surface area (Å²) in [5.41, 5.74) is 4.03. The number of hydrogen-bond donors (Lipinski definition) is 0. The molecule has 0 fully saturated rings. The monoisotopic (exact) mass is 256 g/mol. The molecule has 2 aromatic carbocycles. The lowest BCUT2D eigenvalue weighted by molar-refractivity contribution is 0.101. The Morgan fingerprint density at radius 3 is 2.05 bits per heavy atom. The summed E-state index contributed by atoms with van der Waals surface area (Å²) >= 11 is 0. The van der Waals surface area contributed by atoms with Gasteiger partial charge in [-0.2, -0.15) is 0 Å². The summed E-state index contributed by atoms with van der Waals surface area (Å²) in [6.07, 6.45) is 0. The fraction of sp³-hybridized carbons (Fsp3) is 0.235. The molecule has 0 radical (unpaired) electrons. The summed E-state index contributed by atoms with van der Waals surface area (Å²) in [4.78, 5) is 11.4. The number of benzene rings is 2. The summed E-state index contributed by atoms with van der Waals surface area (Å²) in [6.45, 7) is 3.55. The van der Waals surface area contributed by atoms with Gasteiger partial charge in [-0.15, -0.1) is 0 Å². The molecule has 0 atom stereocenters. The maximum atomic E-state index is 11.4. The van der Waals surface area contributed by atoms with Gasteiger partial charge >= 0.3 is 0 Å². The second-order valence-electron chi connectivity index (χ2n) is 4.31. The van der Waals surface area contributed by atoms with Crippen LogP contribution >= 0.6 is 0 Å². The molecular weight excluding hydrogens is 236 g/mol. The van der Waals surface area contributed by atoms with Crippen LogP contribution in [0.3, 0.4) is 0 Å². The number of ketones is 1. The molecule has 0 N–H and O–H groups in total. The Bertz CT molecular complexity index is 568. The molecule has 0 aliphatic rings. The van der Waals surface area contributed by atoms with Gasteiger partial charge in [0.2, 0.25) is 0 Å². The minimum Gasteiger partial charge on any atom is -0.497 e. The van der Waals surface area contributed by atoms with Crippen molar-refractivity contribution < 1.29 is 9.53 Å². The average Bonchev–Trinajstić information content (AvgIpc) is 2.38. The van der Waals surface area contributed by atoms with Crippen LogP contribution in [-0.2, 0) is 0 Å². The predicted octanol–water partition coefficient (Wildman–Crippen LogP) is 4.51. The van der Waals surface area contributed by atoms with Gasteiger partial charge in [-0.05, 0) is 42.7 Å². The lowest BCUT2D eigenvalue weighted by atomic mass is 9.98. The molecule has 2 aromatic rings. The molecule has 2 rings (SSSR count). The Morgan fingerprint density at radius 2 is 1.58 bits per heavy atom. The SMILES string of the molecule is C.COc1ccc(-c2ccc(C(C)=O)c(C)c2)cc1. The molecule has 0 aliphatic heterocycles. The first kappa shape index (κ1) is 15.0. The fourth-order valence-corrected chi connectivity index (χ4v) is 2.02. The zero-order chi connectivity index (χ0) is 13.1. The van der Waals surface area contributed by atoms with Crippen LogP contribution in [0.4, 0.5) is 0 Å². The number of hydrogen-bond acceptors (Lipinski definition) is 2. The van der Waals surface area contributed by atoms with Crippen LogP contribution in [-0.4, -0.2) is 12.9 Å². The number of carbonyl (C=O) groups is 1. The number of rotatable bonds is 3. The van der Waals surface area contributed by atoms with Gasteiger partial charge in [-0.3, -0.25) is 4.79 Å². The summed E-state index contributed by atoms with van der Waals surface area (Å²) < 4.78 is 5.13. The second kappa shape index (κ2) is 6.19. The zero-order valence-electron chi connectivity index (χ0n) is 10.9. The summed E-state index contributed by atoms with van der Waals surface area (Å²) in [6, 6.07) is 13.8. The van der Waals surface area contributed by atoms with Crippen LogP contribution in [0.25, 0.3) is 11.1 Å². The molecule has 0 saturated heterocycles. The molecule has 0 saturated carbocycles. The van der Waals surface area contributed by atoms with E-state index in [0.717, 1.165) is 28.0 Å². The van der Waals surface area contributed by atoms with E-state index in [1.54, 1.807) is 14.0 Å². The van der Waals surface area contributed by atoms with Crippen LogP contribution < -0.4 is 4.74 Å². The van der Waals surface area contributed by atoms with Crippen molar-refractivity contribution in [2.24, 2.45) is 0 Å². The third-order valence-electron chi connectivity index (χ3n) is 3.03. The molecule has 2 nitrogen and oxygen atoms in total. The van der Waals surface area contributed by atoms with E-state index >= 15 is 0 Å². The van der Waals surface area contributed by atoms with Crippen molar-refractivity contribution in [2.45, 2.75) is 21.3 Å². The first-order valence-corrected chi connectivity index (χ1v) is 5.88. The van der Waals surface area contributed by atoms with Crippen LogP contribution in [0.15, 0.2) is 42.5 Å². The molecule has 0 heterocycles. The predicted molar refractivity (Wildman–Crippen MR) is 79.9 cm³/mol. The first-order valence-electron chi connectivity index (χ1n) is 5.88.